The molecule has 38 heavy (non-hydrogen) atoms. The summed E-state index contributed by atoms with van der Waals surface area (Å²) in [5.74, 6) is 0. The summed E-state index contributed by atoms with van der Waals surface area (Å²) in [6, 6.07) is 11.7. The number of hydrogen-bond acceptors (Lipinski definition) is 5. The topological polar surface area (TPSA) is 90.2 Å². The molecule has 1 aromatic carbocycles. The van der Waals surface area contributed by atoms with Gasteiger partial charge in [0.2, 0.25) is 0 Å². The highest BCUT2D eigenvalue weighted by atomic mass is 16.3. The molecule has 1 aliphatic carbocycles. The summed E-state index contributed by atoms with van der Waals surface area (Å²) >= 11 is 0. The summed E-state index contributed by atoms with van der Waals surface area (Å²) in [5, 5.41) is 11.3. The molecule has 0 saturated heterocycles. The summed E-state index contributed by atoms with van der Waals surface area (Å²) in [7, 11) is 1.74. The predicted molar refractivity (Wildman–Crippen MR) is 147 cm³/mol. The van der Waals surface area contributed by atoms with Gasteiger partial charge in [-0.25, -0.2) is 11.4 Å². The molecule has 0 unspecified atom stereocenters. The minimum absolute atomic E-state index is 0.201. The number of rotatable bonds is 4. The first-order chi connectivity index (χ1) is 18.1. The van der Waals surface area contributed by atoms with Crippen molar-refractivity contribution in [3.63, 3.8) is 0 Å². The van der Waals surface area contributed by atoms with Gasteiger partial charge in [-0.3, -0.25) is 24.1 Å². The van der Waals surface area contributed by atoms with Crippen molar-refractivity contribution in [3.05, 3.63) is 93.8 Å². The van der Waals surface area contributed by atoms with E-state index in [4.69, 9.17) is 6.57 Å². The van der Waals surface area contributed by atoms with E-state index in [1.54, 1.807) is 42.3 Å². The highest BCUT2D eigenvalue weighted by Gasteiger charge is 2.46. The molecule has 1 fully saturated rings. The molecular weight excluding hydrogens is 476 g/mol. The largest absolute Gasteiger partial charge is 0.384 e. The number of hydrogen-bond donors (Lipinski definition) is 1. The van der Waals surface area contributed by atoms with Crippen LogP contribution in [0.1, 0.15) is 50.1 Å². The van der Waals surface area contributed by atoms with Crippen LogP contribution in [0.4, 0.5) is 0 Å². The number of benzene rings is 1. The second-order valence-corrected chi connectivity index (χ2v) is 10.7. The maximum atomic E-state index is 13.5. The zero-order chi connectivity index (χ0) is 26.8. The summed E-state index contributed by atoms with van der Waals surface area (Å²) < 4.78 is 3.27. The molecule has 8 nitrogen and oxygen atoms in total. The fourth-order valence-corrected chi connectivity index (χ4v) is 5.36. The van der Waals surface area contributed by atoms with Crippen molar-refractivity contribution in [2.45, 2.75) is 51.2 Å². The van der Waals surface area contributed by atoms with Crippen LogP contribution in [0, 0.1) is 13.5 Å². The van der Waals surface area contributed by atoms with E-state index < -0.39 is 11.1 Å². The molecule has 1 aliphatic rings. The average Bonchev–Trinajstić information content (AvgIpc) is 3.13. The van der Waals surface area contributed by atoms with Crippen molar-refractivity contribution in [1.82, 2.24) is 24.1 Å². The van der Waals surface area contributed by atoms with Gasteiger partial charge in [0.1, 0.15) is 5.60 Å². The van der Waals surface area contributed by atoms with Gasteiger partial charge in [-0.1, -0.05) is 6.07 Å². The van der Waals surface area contributed by atoms with E-state index in [2.05, 4.69) is 25.9 Å². The molecule has 0 radical (unpaired) electrons. The van der Waals surface area contributed by atoms with Gasteiger partial charge in [0.15, 0.2) is 0 Å². The van der Waals surface area contributed by atoms with Gasteiger partial charge in [-0.05, 0) is 63.1 Å². The predicted octanol–water partition coefficient (Wildman–Crippen LogP) is 5.17. The molecule has 6 rings (SSSR count). The number of nitrogens with zero attached hydrogens (tertiary/aromatic N) is 6. The number of aryl methyl sites for hydroxylation is 2. The molecule has 4 heterocycles. The van der Waals surface area contributed by atoms with E-state index >= 15 is 0 Å². The Labute approximate surface area is 220 Å². The monoisotopic (exact) mass is 504 g/mol. The third-order valence-corrected chi connectivity index (χ3v) is 7.81. The molecule has 5 aromatic rings. The molecule has 0 bridgehead atoms. The first-order valence-corrected chi connectivity index (χ1v) is 12.7. The smallest absolute Gasteiger partial charge is 0.333 e. The van der Waals surface area contributed by atoms with Gasteiger partial charge in [-0.15, -0.1) is 0 Å². The maximum Gasteiger partial charge on any atom is 0.333 e. The fraction of sp³-hybridized carbons (Fsp3) is 0.300. The maximum absolute atomic E-state index is 13.5. The second kappa shape index (κ2) is 8.33. The highest BCUT2D eigenvalue weighted by molar-refractivity contribution is 6.04. The van der Waals surface area contributed by atoms with Crippen molar-refractivity contribution < 1.29 is 5.11 Å². The number of fused-ring (bicyclic) bond motifs is 3. The third-order valence-electron chi connectivity index (χ3n) is 7.81. The van der Waals surface area contributed by atoms with Crippen LogP contribution >= 0.6 is 0 Å². The Morgan fingerprint density at radius 2 is 1.87 bits per heavy atom. The zero-order valence-electron chi connectivity index (χ0n) is 21.9. The van der Waals surface area contributed by atoms with Gasteiger partial charge in [0, 0.05) is 43.2 Å². The number of pyridine rings is 3. The van der Waals surface area contributed by atoms with Crippen LogP contribution in [0.2, 0.25) is 0 Å². The highest BCUT2D eigenvalue weighted by Crippen LogP contribution is 2.45. The van der Waals surface area contributed by atoms with Crippen LogP contribution in [0.15, 0.2) is 59.8 Å². The van der Waals surface area contributed by atoms with Gasteiger partial charge < -0.3 is 9.95 Å². The quantitative estimate of drug-likeness (QED) is 0.341. The Hall–Kier alpha value is -4.35. The van der Waals surface area contributed by atoms with Gasteiger partial charge >= 0.3 is 5.69 Å². The zero-order valence-corrected chi connectivity index (χ0v) is 21.9. The first kappa shape index (κ1) is 24.0. The van der Waals surface area contributed by atoms with E-state index in [-0.39, 0.29) is 5.69 Å². The Bertz CT molecular complexity index is 1850. The van der Waals surface area contributed by atoms with Crippen LogP contribution < -0.4 is 5.69 Å². The van der Waals surface area contributed by atoms with Crippen LogP contribution in [-0.4, -0.2) is 29.2 Å². The molecule has 0 atom stereocenters. The molecule has 1 saturated carbocycles. The number of aliphatic hydroxyl groups is 1. The Kier molecular flexibility index (Phi) is 5.27. The van der Waals surface area contributed by atoms with Crippen molar-refractivity contribution in [3.8, 4) is 16.8 Å². The van der Waals surface area contributed by atoms with Crippen LogP contribution in [0.3, 0.4) is 0 Å². The minimum Gasteiger partial charge on any atom is -0.384 e. The summed E-state index contributed by atoms with van der Waals surface area (Å²) in [5.41, 5.74) is 5.11. The normalized spacial score (nSPS) is 14.9. The van der Waals surface area contributed by atoms with Crippen LogP contribution in [0.25, 0.3) is 43.6 Å². The van der Waals surface area contributed by atoms with Crippen LogP contribution in [0.5, 0.6) is 0 Å². The standard InChI is InChI=1S/C30H28N6O2/c1-18-24(9-10-26(34-18)29(2,3)38)36-27-22-14-19(7-8-23(22)33-17-25(27)35(5)28(36)37)20-13-21(16-32-15-20)30(31-4)11-6-12-30/h7-10,13-17,38H,6,11-12H2,1-3,5H3. The molecule has 4 aromatic heterocycles. The minimum atomic E-state index is -1.09. The molecule has 0 aliphatic heterocycles. The lowest BCUT2D eigenvalue weighted by Crippen LogP contribution is -2.30. The van der Waals surface area contributed by atoms with Crippen LogP contribution in [-0.2, 0) is 18.2 Å². The van der Waals surface area contributed by atoms with Crippen molar-refractivity contribution >= 4 is 21.9 Å². The van der Waals surface area contributed by atoms with Gasteiger partial charge in [-0.2, -0.15) is 0 Å². The van der Waals surface area contributed by atoms with E-state index in [1.807, 2.05) is 43.6 Å². The van der Waals surface area contributed by atoms with E-state index in [1.165, 1.54) is 0 Å². The van der Waals surface area contributed by atoms with Gasteiger partial charge in [0.25, 0.3) is 5.54 Å². The lowest BCUT2D eigenvalue weighted by Gasteiger charge is -2.30. The van der Waals surface area contributed by atoms with E-state index in [9.17, 15) is 9.90 Å². The summed E-state index contributed by atoms with van der Waals surface area (Å²) in [4.78, 5) is 31.2. The molecule has 0 amide bonds. The number of imidazole rings is 1. The Morgan fingerprint density at radius 3 is 2.53 bits per heavy atom. The lowest BCUT2D eigenvalue weighted by atomic mass is 9.72. The first-order valence-electron chi connectivity index (χ1n) is 12.7. The summed E-state index contributed by atoms with van der Waals surface area (Å²) in [6.45, 7) is 13.0. The SMILES string of the molecule is [C-]#[N+]C1(c2cncc(-c3ccc4ncc5c(c4c3)n(-c3ccc(C(C)(C)O)nc3C)c(=O)n5C)c2)CCC1. The molecular formula is C30H28N6O2. The second-order valence-electron chi connectivity index (χ2n) is 10.7. The number of aromatic nitrogens is 5. The van der Waals surface area contributed by atoms with E-state index in [0.717, 1.165) is 52.4 Å². The van der Waals surface area contributed by atoms with Crippen molar-refractivity contribution in [2.24, 2.45) is 7.05 Å². The average molecular weight is 505 g/mol. The Morgan fingerprint density at radius 1 is 1.08 bits per heavy atom. The van der Waals surface area contributed by atoms with E-state index in [0.29, 0.717) is 22.6 Å². The lowest BCUT2D eigenvalue weighted by molar-refractivity contribution is 0.0737. The summed E-state index contributed by atoms with van der Waals surface area (Å²) in [6.07, 6.45) is 8.13. The van der Waals surface area contributed by atoms with Crippen molar-refractivity contribution in [1.29, 1.82) is 0 Å². The van der Waals surface area contributed by atoms with Crippen molar-refractivity contribution in [2.75, 3.05) is 0 Å². The van der Waals surface area contributed by atoms with Gasteiger partial charge in [0.05, 0.1) is 45.4 Å². The molecule has 1 N–H and O–H groups in total. The Balaban J connectivity index is 1.58. The molecule has 8 heteroatoms. The third kappa shape index (κ3) is 3.54. The fourth-order valence-electron chi connectivity index (χ4n) is 5.36. The molecule has 0 spiro atoms. The molecule has 190 valence electrons.